The number of para-hydroxylation sites is 1. The molecule has 0 spiro atoms. The number of carbonyl (C=O) groups is 1. The Labute approximate surface area is 130 Å². The minimum atomic E-state index is -0.556. The molecule has 0 fully saturated rings. The van der Waals surface area contributed by atoms with E-state index in [0.29, 0.717) is 28.1 Å². The molecule has 7 nitrogen and oxygen atoms in total. The molecular weight excluding hydrogens is 298 g/mol. The molecule has 7 heteroatoms. The summed E-state index contributed by atoms with van der Waals surface area (Å²) in [5, 5.41) is 11.6. The zero-order valence-corrected chi connectivity index (χ0v) is 11.8. The average molecular weight is 309 g/mol. The van der Waals surface area contributed by atoms with Gasteiger partial charge in [-0.05, 0) is 30.3 Å². The Morgan fingerprint density at radius 2 is 2.13 bits per heavy atom. The Balaban J connectivity index is 1.66. The summed E-state index contributed by atoms with van der Waals surface area (Å²) >= 11 is 0. The molecule has 0 bridgehead atoms. The third-order valence-corrected chi connectivity index (χ3v) is 3.07. The number of hydrogen-bond donors (Lipinski definition) is 2. The minimum absolute atomic E-state index is 0.237. The zero-order valence-electron chi connectivity index (χ0n) is 11.8. The van der Waals surface area contributed by atoms with E-state index in [1.54, 1.807) is 42.5 Å². The lowest BCUT2D eigenvalue weighted by atomic mass is 10.2. The number of rotatable bonds is 4. The van der Waals surface area contributed by atoms with Gasteiger partial charge in [-0.1, -0.05) is 12.1 Å². The van der Waals surface area contributed by atoms with Gasteiger partial charge in [-0.25, -0.2) is 4.79 Å². The fourth-order valence-electron chi connectivity index (χ4n) is 2.06. The lowest BCUT2D eigenvalue weighted by Crippen LogP contribution is -2.20. The number of aromatic amines is 1. The van der Waals surface area contributed by atoms with Crippen LogP contribution in [-0.4, -0.2) is 17.5 Å². The summed E-state index contributed by atoms with van der Waals surface area (Å²) in [6.07, 6.45) is 0. The topological polar surface area (TPSA) is 108 Å². The van der Waals surface area contributed by atoms with Crippen molar-refractivity contribution in [1.29, 1.82) is 5.26 Å². The highest BCUT2D eigenvalue weighted by molar-refractivity contribution is 5.93. The molecule has 1 amide bonds. The molecule has 0 saturated carbocycles. The number of carbonyl (C=O) groups excluding carboxylic acids is 1. The normalized spacial score (nSPS) is 10.2. The van der Waals surface area contributed by atoms with Gasteiger partial charge in [0.25, 0.3) is 5.91 Å². The fourth-order valence-corrected chi connectivity index (χ4v) is 2.06. The van der Waals surface area contributed by atoms with Gasteiger partial charge in [0.1, 0.15) is 11.8 Å². The summed E-state index contributed by atoms with van der Waals surface area (Å²) in [4.78, 5) is 25.5. The van der Waals surface area contributed by atoms with Crippen LogP contribution in [0.15, 0.2) is 51.7 Å². The molecule has 0 aliphatic heterocycles. The second kappa shape index (κ2) is 6.07. The number of anilines is 1. The second-order valence-electron chi connectivity index (χ2n) is 4.67. The molecule has 3 rings (SSSR count). The van der Waals surface area contributed by atoms with E-state index in [1.165, 1.54) is 0 Å². The van der Waals surface area contributed by atoms with E-state index in [0.717, 1.165) is 0 Å². The molecule has 2 N–H and O–H groups in total. The second-order valence-corrected chi connectivity index (χ2v) is 4.67. The highest BCUT2D eigenvalue weighted by Crippen LogP contribution is 2.18. The number of oxazole rings is 1. The van der Waals surface area contributed by atoms with E-state index in [4.69, 9.17) is 14.4 Å². The van der Waals surface area contributed by atoms with Crippen LogP contribution in [0.1, 0.15) is 5.56 Å². The molecule has 0 radical (unpaired) electrons. The van der Waals surface area contributed by atoms with Gasteiger partial charge < -0.3 is 14.5 Å². The van der Waals surface area contributed by atoms with Gasteiger partial charge >= 0.3 is 5.76 Å². The average Bonchev–Trinajstić information content (AvgIpc) is 2.92. The van der Waals surface area contributed by atoms with Gasteiger partial charge in [0, 0.05) is 5.69 Å². The summed E-state index contributed by atoms with van der Waals surface area (Å²) in [6.45, 7) is -0.237. The summed E-state index contributed by atoms with van der Waals surface area (Å²) in [5.41, 5.74) is 1.75. The van der Waals surface area contributed by atoms with Crippen LogP contribution >= 0.6 is 0 Å². The van der Waals surface area contributed by atoms with Crippen LogP contribution in [0.4, 0.5) is 5.69 Å². The molecule has 1 heterocycles. The van der Waals surface area contributed by atoms with E-state index < -0.39 is 5.76 Å². The molecule has 0 aliphatic carbocycles. The summed E-state index contributed by atoms with van der Waals surface area (Å²) in [7, 11) is 0. The predicted molar refractivity (Wildman–Crippen MR) is 82.1 cm³/mol. The molecule has 114 valence electrons. The molecule has 1 aromatic heterocycles. The Kier molecular flexibility index (Phi) is 3.80. The van der Waals surface area contributed by atoms with Crippen molar-refractivity contribution in [2.45, 2.75) is 0 Å². The third kappa shape index (κ3) is 3.22. The zero-order chi connectivity index (χ0) is 16.2. The number of nitrogens with one attached hydrogen (secondary N) is 2. The van der Waals surface area contributed by atoms with Crippen molar-refractivity contribution in [2.24, 2.45) is 0 Å². The number of aromatic nitrogens is 1. The van der Waals surface area contributed by atoms with Crippen molar-refractivity contribution < 1.29 is 13.9 Å². The van der Waals surface area contributed by atoms with E-state index >= 15 is 0 Å². The first-order chi connectivity index (χ1) is 11.2. The monoisotopic (exact) mass is 309 g/mol. The van der Waals surface area contributed by atoms with E-state index in [1.807, 2.05) is 6.07 Å². The van der Waals surface area contributed by atoms with Crippen molar-refractivity contribution >= 4 is 22.7 Å². The Hall–Kier alpha value is -3.53. The maximum atomic E-state index is 11.9. The predicted octanol–water partition coefficient (Wildman–Crippen LogP) is 2.01. The first kappa shape index (κ1) is 14.4. The first-order valence-corrected chi connectivity index (χ1v) is 6.70. The van der Waals surface area contributed by atoms with Crippen molar-refractivity contribution in [3.05, 3.63) is 58.6 Å². The first-order valence-electron chi connectivity index (χ1n) is 6.70. The smallest absolute Gasteiger partial charge is 0.417 e. The standard InChI is InChI=1S/C16H11N3O4/c17-8-10-3-1-2-4-13(10)22-9-15(20)18-11-5-6-14-12(7-11)19-16(21)23-14/h1-7H,9H2,(H,18,20)(H,19,21). The van der Waals surface area contributed by atoms with Crippen LogP contribution in [0.5, 0.6) is 5.75 Å². The van der Waals surface area contributed by atoms with Crippen molar-refractivity contribution in [1.82, 2.24) is 4.98 Å². The molecule has 0 saturated heterocycles. The largest absolute Gasteiger partial charge is 0.482 e. The van der Waals surface area contributed by atoms with Gasteiger partial charge in [-0.15, -0.1) is 0 Å². The third-order valence-electron chi connectivity index (χ3n) is 3.07. The summed E-state index contributed by atoms with van der Waals surface area (Å²) in [6, 6.07) is 13.4. The number of ether oxygens (including phenoxy) is 1. The number of amides is 1. The van der Waals surface area contributed by atoms with Crippen LogP contribution in [0.2, 0.25) is 0 Å². The number of nitrogens with zero attached hydrogens (tertiary/aromatic N) is 1. The van der Waals surface area contributed by atoms with E-state index in [2.05, 4.69) is 10.3 Å². The summed E-state index contributed by atoms with van der Waals surface area (Å²) in [5.74, 6) is -0.595. The SMILES string of the molecule is N#Cc1ccccc1OCC(=O)Nc1ccc2oc(=O)[nH]c2c1. The van der Waals surface area contributed by atoms with E-state index in [9.17, 15) is 9.59 Å². The number of H-pyrrole nitrogens is 1. The minimum Gasteiger partial charge on any atom is -0.482 e. The van der Waals surface area contributed by atoms with Gasteiger partial charge in [-0.3, -0.25) is 9.78 Å². The number of fused-ring (bicyclic) bond motifs is 1. The Morgan fingerprint density at radius 1 is 1.30 bits per heavy atom. The van der Waals surface area contributed by atoms with Gasteiger partial charge in [0.2, 0.25) is 0 Å². The summed E-state index contributed by atoms with van der Waals surface area (Å²) < 4.78 is 10.2. The molecule has 3 aromatic rings. The lowest BCUT2D eigenvalue weighted by molar-refractivity contribution is -0.118. The van der Waals surface area contributed by atoms with Crippen LogP contribution < -0.4 is 15.8 Å². The van der Waals surface area contributed by atoms with Crippen molar-refractivity contribution in [2.75, 3.05) is 11.9 Å². The van der Waals surface area contributed by atoms with Crippen molar-refractivity contribution in [3.8, 4) is 11.8 Å². The molecule has 0 aliphatic rings. The highest BCUT2D eigenvalue weighted by atomic mass is 16.5. The highest BCUT2D eigenvalue weighted by Gasteiger charge is 2.08. The quantitative estimate of drug-likeness (QED) is 0.766. The maximum Gasteiger partial charge on any atom is 0.417 e. The van der Waals surface area contributed by atoms with Gasteiger partial charge in [-0.2, -0.15) is 5.26 Å². The molecule has 2 aromatic carbocycles. The lowest BCUT2D eigenvalue weighted by Gasteiger charge is -2.08. The Bertz CT molecular complexity index is 965. The Morgan fingerprint density at radius 3 is 2.96 bits per heavy atom. The maximum absolute atomic E-state index is 11.9. The van der Waals surface area contributed by atoms with Crippen LogP contribution in [-0.2, 0) is 4.79 Å². The van der Waals surface area contributed by atoms with E-state index in [-0.39, 0.29) is 12.5 Å². The fraction of sp³-hybridized carbons (Fsp3) is 0.0625. The molecule has 0 atom stereocenters. The number of benzene rings is 2. The van der Waals surface area contributed by atoms with Gasteiger partial charge in [0.15, 0.2) is 12.2 Å². The number of nitriles is 1. The van der Waals surface area contributed by atoms with Crippen LogP contribution in [0, 0.1) is 11.3 Å². The van der Waals surface area contributed by atoms with Crippen LogP contribution in [0.25, 0.3) is 11.1 Å². The van der Waals surface area contributed by atoms with Crippen LogP contribution in [0.3, 0.4) is 0 Å². The van der Waals surface area contributed by atoms with Crippen molar-refractivity contribution in [3.63, 3.8) is 0 Å². The van der Waals surface area contributed by atoms with Gasteiger partial charge in [0.05, 0.1) is 11.1 Å². The number of hydrogen-bond acceptors (Lipinski definition) is 5. The molecular formula is C16H11N3O4. The molecule has 0 unspecified atom stereocenters. The molecule has 23 heavy (non-hydrogen) atoms.